The van der Waals surface area contributed by atoms with Crippen LogP contribution in [0, 0.1) is 6.92 Å². The van der Waals surface area contributed by atoms with Gasteiger partial charge < -0.3 is 9.80 Å². The molecule has 0 bridgehead atoms. The van der Waals surface area contributed by atoms with Gasteiger partial charge in [0, 0.05) is 61.8 Å². The van der Waals surface area contributed by atoms with Gasteiger partial charge in [0.15, 0.2) is 5.82 Å². The molecule has 4 heterocycles. The first-order chi connectivity index (χ1) is 13.8. The lowest BCUT2D eigenvalue weighted by Gasteiger charge is -2.36. The molecule has 7 heteroatoms. The molecule has 0 aromatic carbocycles. The fraction of sp³-hybridized carbons (Fsp3) is 0.381. The van der Waals surface area contributed by atoms with Crippen molar-refractivity contribution in [3.8, 4) is 11.3 Å². The van der Waals surface area contributed by atoms with Crippen LogP contribution in [0.25, 0.3) is 11.3 Å². The van der Waals surface area contributed by atoms with Crippen LogP contribution in [0.4, 0.5) is 11.6 Å². The Morgan fingerprint density at radius 1 is 0.821 bits per heavy atom. The summed E-state index contributed by atoms with van der Waals surface area (Å²) in [7, 11) is 0. The third kappa shape index (κ3) is 3.52. The minimum atomic E-state index is 0.578. The van der Waals surface area contributed by atoms with Crippen molar-refractivity contribution in [2.24, 2.45) is 0 Å². The maximum Gasteiger partial charge on any atom is 0.151 e. The molecule has 0 atom stereocenters. The molecule has 0 spiro atoms. The molecule has 0 unspecified atom stereocenters. The van der Waals surface area contributed by atoms with E-state index in [0.29, 0.717) is 5.92 Å². The average Bonchev–Trinajstić information content (AvgIpc) is 3.60. The fourth-order valence-corrected chi connectivity index (χ4v) is 3.60. The molecule has 3 aromatic rings. The van der Waals surface area contributed by atoms with E-state index in [1.165, 1.54) is 12.8 Å². The molecule has 3 aromatic heterocycles. The summed E-state index contributed by atoms with van der Waals surface area (Å²) in [5.74, 6) is 3.59. The molecule has 7 nitrogen and oxygen atoms in total. The van der Waals surface area contributed by atoms with Crippen LogP contribution in [0.5, 0.6) is 0 Å². The smallest absolute Gasteiger partial charge is 0.151 e. The van der Waals surface area contributed by atoms with Crippen molar-refractivity contribution in [2.45, 2.75) is 25.7 Å². The fourth-order valence-electron chi connectivity index (χ4n) is 3.60. The molecule has 0 amide bonds. The van der Waals surface area contributed by atoms with Crippen LogP contribution in [-0.2, 0) is 0 Å². The van der Waals surface area contributed by atoms with Crippen LogP contribution in [0.15, 0.2) is 42.7 Å². The Balaban J connectivity index is 1.26. The first kappa shape index (κ1) is 17.0. The van der Waals surface area contributed by atoms with Gasteiger partial charge in [-0.3, -0.25) is 4.98 Å². The number of hydrogen-bond donors (Lipinski definition) is 0. The Labute approximate surface area is 164 Å². The topological polar surface area (TPSA) is 70.9 Å². The molecular weight excluding hydrogens is 350 g/mol. The second-order valence-corrected chi connectivity index (χ2v) is 7.49. The van der Waals surface area contributed by atoms with Gasteiger partial charge >= 0.3 is 0 Å². The zero-order valence-electron chi connectivity index (χ0n) is 16.0. The second-order valence-electron chi connectivity index (χ2n) is 7.49. The molecule has 5 rings (SSSR count). The highest BCUT2D eigenvalue weighted by Gasteiger charge is 2.28. The maximum absolute atomic E-state index is 4.83. The van der Waals surface area contributed by atoms with E-state index in [2.05, 4.69) is 49.0 Å². The molecular formula is C21H23N7. The number of aryl methyl sites for hydroxylation is 1. The summed E-state index contributed by atoms with van der Waals surface area (Å²) in [6, 6.07) is 10.1. The van der Waals surface area contributed by atoms with Crippen LogP contribution in [0.3, 0.4) is 0 Å². The molecule has 0 radical (unpaired) electrons. The van der Waals surface area contributed by atoms with E-state index in [-0.39, 0.29) is 0 Å². The van der Waals surface area contributed by atoms with E-state index in [4.69, 9.17) is 4.98 Å². The van der Waals surface area contributed by atoms with E-state index in [0.717, 1.165) is 60.6 Å². The Hall–Kier alpha value is -3.09. The number of aromatic nitrogens is 5. The van der Waals surface area contributed by atoms with Gasteiger partial charge in [-0.05, 0) is 44.0 Å². The minimum Gasteiger partial charge on any atom is -0.353 e. The second kappa shape index (κ2) is 7.14. The van der Waals surface area contributed by atoms with Crippen LogP contribution >= 0.6 is 0 Å². The summed E-state index contributed by atoms with van der Waals surface area (Å²) >= 11 is 0. The molecule has 1 saturated carbocycles. The van der Waals surface area contributed by atoms with Gasteiger partial charge in [-0.2, -0.15) is 0 Å². The molecule has 2 aliphatic rings. The Bertz CT molecular complexity index is 946. The van der Waals surface area contributed by atoms with Gasteiger partial charge in [-0.1, -0.05) is 0 Å². The highest BCUT2D eigenvalue weighted by molar-refractivity contribution is 5.59. The predicted octanol–water partition coefficient (Wildman–Crippen LogP) is 2.84. The lowest BCUT2D eigenvalue weighted by atomic mass is 10.2. The summed E-state index contributed by atoms with van der Waals surface area (Å²) in [5, 5.41) is 8.84. The van der Waals surface area contributed by atoms with E-state index in [1.54, 1.807) is 12.4 Å². The van der Waals surface area contributed by atoms with Crippen LogP contribution in [0.1, 0.15) is 30.3 Å². The molecule has 1 aliphatic carbocycles. The van der Waals surface area contributed by atoms with Crippen molar-refractivity contribution < 1.29 is 0 Å². The van der Waals surface area contributed by atoms with Crippen molar-refractivity contribution >= 4 is 11.6 Å². The number of pyridine rings is 1. The number of nitrogens with zero attached hydrogens (tertiary/aromatic N) is 7. The van der Waals surface area contributed by atoms with Gasteiger partial charge in [0.1, 0.15) is 11.6 Å². The van der Waals surface area contributed by atoms with Crippen molar-refractivity contribution in [3.63, 3.8) is 0 Å². The number of anilines is 2. The largest absolute Gasteiger partial charge is 0.353 e. The zero-order chi connectivity index (χ0) is 18.9. The normalized spacial score (nSPS) is 17.0. The van der Waals surface area contributed by atoms with Gasteiger partial charge in [-0.15, -0.1) is 10.2 Å². The summed E-state index contributed by atoms with van der Waals surface area (Å²) in [6.07, 6.45) is 6.00. The standard InChI is InChI=1S/C21H23N7/c1-15-14-20(24-21(23-15)17-2-3-17)28-12-10-27(11-13-28)19-5-4-18(25-26-19)16-6-8-22-9-7-16/h4-9,14,17H,2-3,10-13H2,1H3. The molecule has 1 saturated heterocycles. The van der Waals surface area contributed by atoms with Crippen molar-refractivity contribution in [1.82, 2.24) is 25.1 Å². The first-order valence-electron chi connectivity index (χ1n) is 9.86. The Morgan fingerprint density at radius 3 is 2.18 bits per heavy atom. The third-order valence-corrected chi connectivity index (χ3v) is 5.35. The monoisotopic (exact) mass is 373 g/mol. The maximum atomic E-state index is 4.83. The summed E-state index contributed by atoms with van der Waals surface area (Å²) in [5.41, 5.74) is 2.96. The highest BCUT2D eigenvalue weighted by atomic mass is 15.3. The lowest BCUT2D eigenvalue weighted by Crippen LogP contribution is -2.47. The molecule has 2 fully saturated rings. The summed E-state index contributed by atoms with van der Waals surface area (Å²) in [6.45, 7) is 5.73. The predicted molar refractivity (Wildman–Crippen MR) is 108 cm³/mol. The molecule has 1 aliphatic heterocycles. The summed E-state index contributed by atoms with van der Waals surface area (Å²) in [4.78, 5) is 18.1. The number of piperazine rings is 1. The Morgan fingerprint density at radius 2 is 1.54 bits per heavy atom. The number of hydrogen-bond acceptors (Lipinski definition) is 7. The zero-order valence-corrected chi connectivity index (χ0v) is 16.0. The SMILES string of the molecule is Cc1cc(N2CCN(c3ccc(-c4ccncc4)nn3)CC2)nc(C2CC2)n1. The van der Waals surface area contributed by atoms with E-state index >= 15 is 0 Å². The molecule has 0 N–H and O–H groups in total. The van der Waals surface area contributed by atoms with Gasteiger partial charge in [0.05, 0.1) is 5.69 Å². The quantitative estimate of drug-likeness (QED) is 0.696. The average molecular weight is 373 g/mol. The molecule has 142 valence electrons. The lowest BCUT2D eigenvalue weighted by molar-refractivity contribution is 0.635. The van der Waals surface area contributed by atoms with Gasteiger partial charge in [-0.25, -0.2) is 9.97 Å². The third-order valence-electron chi connectivity index (χ3n) is 5.35. The van der Waals surface area contributed by atoms with Crippen molar-refractivity contribution in [2.75, 3.05) is 36.0 Å². The van der Waals surface area contributed by atoms with Gasteiger partial charge in [0.2, 0.25) is 0 Å². The van der Waals surface area contributed by atoms with Gasteiger partial charge in [0.25, 0.3) is 0 Å². The first-order valence-corrected chi connectivity index (χ1v) is 9.86. The van der Waals surface area contributed by atoms with E-state index in [9.17, 15) is 0 Å². The van der Waals surface area contributed by atoms with E-state index in [1.807, 2.05) is 18.2 Å². The molecule has 28 heavy (non-hydrogen) atoms. The van der Waals surface area contributed by atoms with E-state index < -0.39 is 0 Å². The minimum absolute atomic E-state index is 0.578. The van der Waals surface area contributed by atoms with Crippen molar-refractivity contribution in [1.29, 1.82) is 0 Å². The summed E-state index contributed by atoms with van der Waals surface area (Å²) < 4.78 is 0. The Kier molecular flexibility index (Phi) is 4.35. The number of rotatable bonds is 4. The van der Waals surface area contributed by atoms with Crippen LogP contribution in [0.2, 0.25) is 0 Å². The van der Waals surface area contributed by atoms with Crippen LogP contribution in [-0.4, -0.2) is 51.3 Å². The van der Waals surface area contributed by atoms with Crippen molar-refractivity contribution in [3.05, 3.63) is 54.2 Å². The highest BCUT2D eigenvalue weighted by Crippen LogP contribution is 2.38. The van der Waals surface area contributed by atoms with Crippen LogP contribution < -0.4 is 9.80 Å².